The summed E-state index contributed by atoms with van der Waals surface area (Å²) in [7, 11) is -2.88. The molecule has 1 aromatic heterocycles. The fraction of sp³-hybridized carbons (Fsp3) is 0.406. The quantitative estimate of drug-likeness (QED) is 0.210. The molecule has 0 aliphatic carbocycles. The summed E-state index contributed by atoms with van der Waals surface area (Å²) in [6.45, 7) is 3.36. The van der Waals surface area contributed by atoms with Crippen LogP contribution in [0, 0.1) is 5.82 Å². The van der Waals surface area contributed by atoms with Crippen LogP contribution in [0.3, 0.4) is 0 Å². The Balaban J connectivity index is 1.70. The molecule has 2 amide bonds. The Morgan fingerprint density at radius 2 is 1.85 bits per heavy atom. The van der Waals surface area contributed by atoms with E-state index in [0.29, 0.717) is 18.4 Å². The number of pyridine rings is 1. The molecule has 11 nitrogen and oxygen atoms in total. The Morgan fingerprint density at radius 3 is 2.52 bits per heavy atom. The molecular formula is C32H36ClFN5O6S+. The third-order valence-corrected chi connectivity index (χ3v) is 12.3. The van der Waals surface area contributed by atoms with Crippen LogP contribution in [-0.2, 0) is 14.8 Å². The minimum Gasteiger partial charge on any atom is -0.478 e. The highest BCUT2D eigenvalue weighted by Gasteiger charge is 2.71. The maximum Gasteiger partial charge on any atom is 0.531 e. The lowest BCUT2D eigenvalue weighted by Crippen LogP contribution is -2.76. The summed E-state index contributed by atoms with van der Waals surface area (Å²) in [4.78, 5) is 36.4. The van der Waals surface area contributed by atoms with Crippen molar-refractivity contribution in [3.63, 3.8) is 0 Å². The van der Waals surface area contributed by atoms with Crippen molar-refractivity contribution < 1.29 is 36.1 Å². The molecule has 0 bridgehead atoms. The number of hydrogen-bond donors (Lipinski definition) is 2. The van der Waals surface area contributed by atoms with Crippen LogP contribution in [-0.4, -0.2) is 95.1 Å². The highest BCUT2D eigenvalue weighted by atomic mass is 35.5. The van der Waals surface area contributed by atoms with E-state index in [1.807, 2.05) is 11.9 Å². The number of hydrogen-bond acceptors (Lipinski definition) is 8. The van der Waals surface area contributed by atoms with Crippen molar-refractivity contribution in [3.8, 4) is 5.88 Å². The first-order valence-corrected chi connectivity index (χ1v) is 17.1. The molecule has 5 unspecified atom stereocenters. The van der Waals surface area contributed by atoms with Gasteiger partial charge in [-0.25, -0.2) is 9.37 Å². The lowest BCUT2D eigenvalue weighted by Gasteiger charge is -2.55. The highest BCUT2D eigenvalue weighted by Crippen LogP contribution is 2.54. The molecule has 3 aliphatic rings. The van der Waals surface area contributed by atoms with Gasteiger partial charge in [-0.15, -0.1) is 0 Å². The minimum absolute atomic E-state index is 0.139. The van der Waals surface area contributed by atoms with E-state index >= 15 is 0 Å². The number of nitrogens with zero attached hydrogens (tertiary/aromatic N) is 4. The largest absolute Gasteiger partial charge is 0.531 e. The van der Waals surface area contributed by atoms with Gasteiger partial charge in [0, 0.05) is 23.5 Å². The number of sulfonamides is 1. The summed E-state index contributed by atoms with van der Waals surface area (Å²) in [6, 6.07) is 11.6. The van der Waals surface area contributed by atoms with Gasteiger partial charge in [-0.2, -0.15) is 13.2 Å². The molecule has 0 radical (unpaired) electrons. The molecule has 2 aromatic carbocycles. The van der Waals surface area contributed by atoms with Crippen LogP contribution >= 0.6 is 11.6 Å². The molecule has 3 aliphatic heterocycles. The number of alkyl halides is 1. The maximum atomic E-state index is 15.0. The van der Waals surface area contributed by atoms with E-state index < -0.39 is 55.2 Å². The molecular weight excluding hydrogens is 637 g/mol. The van der Waals surface area contributed by atoms with E-state index in [1.165, 1.54) is 42.6 Å². The minimum atomic E-state index is -4.89. The normalized spacial score (nSPS) is 27.6. The van der Waals surface area contributed by atoms with Crippen molar-refractivity contribution in [2.24, 2.45) is 0 Å². The molecule has 0 saturated carbocycles. The van der Waals surface area contributed by atoms with Gasteiger partial charge in [-0.3, -0.25) is 9.69 Å². The number of ether oxygens (including phenoxy) is 1. The van der Waals surface area contributed by atoms with Crippen molar-refractivity contribution in [1.29, 1.82) is 0 Å². The number of aromatic nitrogens is 1. The fourth-order valence-electron chi connectivity index (χ4n) is 7.38. The molecule has 2 N–H and O–H groups in total. The number of quaternary nitrogens is 1. The summed E-state index contributed by atoms with van der Waals surface area (Å²) >= 11 is 7.15. The van der Waals surface area contributed by atoms with Crippen molar-refractivity contribution in [2.75, 3.05) is 38.6 Å². The number of benzene rings is 2. The zero-order valence-corrected chi connectivity index (χ0v) is 27.0. The van der Waals surface area contributed by atoms with E-state index in [9.17, 15) is 27.5 Å². The Labute approximate surface area is 272 Å². The number of piperidine rings is 1. The van der Waals surface area contributed by atoms with Gasteiger partial charge in [-0.05, 0) is 81.9 Å². The van der Waals surface area contributed by atoms with Gasteiger partial charge in [0.25, 0.3) is 0 Å². The van der Waals surface area contributed by atoms with E-state index in [4.69, 9.17) is 16.3 Å². The average molecular weight is 673 g/mol. The summed E-state index contributed by atoms with van der Waals surface area (Å²) in [5.41, 5.74) is -0.722. The van der Waals surface area contributed by atoms with E-state index in [0.717, 1.165) is 19.2 Å². The molecule has 46 heavy (non-hydrogen) atoms. The summed E-state index contributed by atoms with van der Waals surface area (Å²) < 4.78 is 49.1. The SMILES string of the molecule is CCOc1ncccc1C1C(C2C(=O)Nc3ccc(F)cc32)[N+](C(=O)O)(S(=O)(=O)c2ccccc2)C(Cl)CN1C1CCN(C)CC1. The van der Waals surface area contributed by atoms with Gasteiger partial charge in [0.2, 0.25) is 17.3 Å². The Kier molecular flexibility index (Phi) is 8.81. The van der Waals surface area contributed by atoms with E-state index in [-0.39, 0.29) is 41.2 Å². The van der Waals surface area contributed by atoms with Gasteiger partial charge in [0.15, 0.2) is 6.04 Å². The Morgan fingerprint density at radius 1 is 1.13 bits per heavy atom. The Hall–Kier alpha value is -3.62. The number of amides is 2. The zero-order chi connectivity index (χ0) is 32.8. The highest BCUT2D eigenvalue weighted by molar-refractivity contribution is 7.86. The second-order valence-corrected chi connectivity index (χ2v) is 14.4. The lowest BCUT2D eigenvalue weighted by molar-refractivity contribution is -0.788. The van der Waals surface area contributed by atoms with Crippen LogP contribution in [0.5, 0.6) is 5.88 Å². The molecule has 0 spiro atoms. The maximum absolute atomic E-state index is 15.0. The number of nitrogens with one attached hydrogen (secondary N) is 1. The topological polar surface area (TPSA) is 129 Å². The number of halogens is 2. The third-order valence-electron chi connectivity index (χ3n) is 9.43. The predicted molar refractivity (Wildman–Crippen MR) is 168 cm³/mol. The first-order chi connectivity index (χ1) is 22.0. The molecule has 2 fully saturated rings. The number of piperazine rings is 1. The van der Waals surface area contributed by atoms with Crippen LogP contribution in [0.2, 0.25) is 0 Å². The number of rotatable bonds is 7. The average Bonchev–Trinajstić information content (AvgIpc) is 3.35. The molecule has 5 atom stereocenters. The van der Waals surface area contributed by atoms with E-state index in [2.05, 4.69) is 15.2 Å². The van der Waals surface area contributed by atoms with Gasteiger partial charge < -0.3 is 20.1 Å². The second-order valence-electron chi connectivity index (χ2n) is 11.9. The molecule has 14 heteroatoms. The smallest absolute Gasteiger partial charge is 0.478 e. The molecule has 4 heterocycles. The predicted octanol–water partition coefficient (Wildman–Crippen LogP) is 4.62. The number of likely N-dealkylation sites (tertiary alicyclic amines) is 1. The number of carbonyl (C=O) groups excluding carboxylic acids is 1. The number of fused-ring (bicyclic) bond motifs is 1. The van der Waals surface area contributed by atoms with Crippen molar-refractivity contribution in [2.45, 2.75) is 54.2 Å². The summed E-state index contributed by atoms with van der Waals surface area (Å²) in [5, 5.41) is 14.0. The molecule has 6 rings (SSSR count). The lowest BCUT2D eigenvalue weighted by atomic mass is 9.80. The second kappa shape index (κ2) is 12.5. The zero-order valence-electron chi connectivity index (χ0n) is 25.4. The van der Waals surface area contributed by atoms with Crippen molar-refractivity contribution in [3.05, 3.63) is 83.8 Å². The molecule has 244 valence electrons. The molecule has 3 aromatic rings. The number of carbonyl (C=O) groups is 2. The van der Waals surface area contributed by atoms with Gasteiger partial charge in [-0.1, -0.05) is 39.8 Å². The van der Waals surface area contributed by atoms with Crippen LogP contribution in [0.4, 0.5) is 14.9 Å². The number of anilines is 1. The van der Waals surface area contributed by atoms with Crippen LogP contribution in [0.1, 0.15) is 42.9 Å². The van der Waals surface area contributed by atoms with Gasteiger partial charge >= 0.3 is 16.1 Å². The van der Waals surface area contributed by atoms with Gasteiger partial charge in [0.05, 0.1) is 19.2 Å². The summed E-state index contributed by atoms with van der Waals surface area (Å²) in [6.07, 6.45) is 1.16. The van der Waals surface area contributed by atoms with Crippen LogP contribution in [0.25, 0.3) is 0 Å². The number of carboxylic acid groups (broad SMARTS) is 1. The molecule has 2 saturated heterocycles. The standard InChI is InChI=1S/C32H35ClFN5O6S/c1-3-45-31-23(10-7-15-35-31)28-29(27-24-18-20(34)11-12-25(24)36-30(27)40)39(32(41)42,46(43,44)22-8-5-4-6-9-22)26(33)19-38(28)21-13-16-37(2)17-14-21/h4-12,15,18,21,26-29H,3,13-14,16-17,19H2,1-2H3,(H-,36,40,41,42)/p+1. The van der Waals surface area contributed by atoms with Crippen LogP contribution < -0.4 is 10.1 Å². The monoisotopic (exact) mass is 672 g/mol. The first kappa shape index (κ1) is 32.3. The Bertz CT molecular complexity index is 1740. The first-order valence-electron chi connectivity index (χ1n) is 15.2. The third kappa shape index (κ3) is 5.14. The van der Waals surface area contributed by atoms with Gasteiger partial charge in [0.1, 0.15) is 16.6 Å². The summed E-state index contributed by atoms with van der Waals surface area (Å²) in [5.74, 6) is -2.56. The fourth-order valence-corrected chi connectivity index (χ4v) is 10.0. The van der Waals surface area contributed by atoms with Crippen molar-refractivity contribution in [1.82, 2.24) is 14.8 Å². The van der Waals surface area contributed by atoms with Crippen molar-refractivity contribution >= 4 is 39.3 Å². The van der Waals surface area contributed by atoms with Crippen LogP contribution in [0.15, 0.2) is 71.8 Å². The van der Waals surface area contributed by atoms with E-state index in [1.54, 1.807) is 25.1 Å².